The molecule has 5 nitrogen and oxygen atoms in total. The summed E-state index contributed by atoms with van der Waals surface area (Å²) in [6.07, 6.45) is 3.54. The molecule has 2 N–H and O–H groups in total. The third kappa shape index (κ3) is 1.99. The van der Waals surface area contributed by atoms with Crippen LogP contribution >= 0.6 is 0 Å². The van der Waals surface area contributed by atoms with E-state index in [-0.39, 0.29) is 0 Å². The molecule has 2 heterocycles. The Bertz CT molecular complexity index is 706. The van der Waals surface area contributed by atoms with Crippen LogP contribution in [0, 0.1) is 0 Å². The van der Waals surface area contributed by atoms with Gasteiger partial charge in [0.05, 0.1) is 19.2 Å². The number of fused-ring (bicyclic) bond motifs is 1. The van der Waals surface area contributed by atoms with Crippen LogP contribution in [-0.4, -0.2) is 21.6 Å². The molecule has 3 rings (SSSR count). The summed E-state index contributed by atoms with van der Waals surface area (Å²) >= 11 is 0. The number of pyridine rings is 1. The number of ether oxygens (including phenoxy) is 1. The number of methoxy groups -OCH3 is 1. The Balaban J connectivity index is 2.11. The van der Waals surface area contributed by atoms with Crippen LogP contribution in [0.25, 0.3) is 11.0 Å². The zero-order valence-corrected chi connectivity index (χ0v) is 10.6. The maximum Gasteiger partial charge on any atom is 0.201 e. The standard InChI is InChI=1S/C14H14N4O/c1-19-12-4-2-3-11-13(12)17-14(15)18(11)9-10-5-7-16-8-6-10/h2-8H,9H2,1H3,(H2,15,17). The van der Waals surface area contributed by atoms with Gasteiger partial charge in [0.25, 0.3) is 0 Å². The molecule has 0 aliphatic heterocycles. The minimum Gasteiger partial charge on any atom is -0.494 e. The largest absolute Gasteiger partial charge is 0.494 e. The van der Waals surface area contributed by atoms with Crippen LogP contribution in [-0.2, 0) is 6.54 Å². The lowest BCUT2D eigenvalue weighted by Crippen LogP contribution is -2.04. The van der Waals surface area contributed by atoms with E-state index in [9.17, 15) is 0 Å². The lowest BCUT2D eigenvalue weighted by Gasteiger charge is -2.06. The van der Waals surface area contributed by atoms with Gasteiger partial charge >= 0.3 is 0 Å². The van der Waals surface area contributed by atoms with E-state index in [0.29, 0.717) is 12.5 Å². The van der Waals surface area contributed by atoms with Gasteiger partial charge in [0.15, 0.2) is 0 Å². The Morgan fingerprint density at radius 2 is 2.00 bits per heavy atom. The minimum atomic E-state index is 0.483. The number of hydrogen-bond acceptors (Lipinski definition) is 4. The van der Waals surface area contributed by atoms with Gasteiger partial charge in [-0.25, -0.2) is 4.98 Å². The highest BCUT2D eigenvalue weighted by Gasteiger charge is 2.11. The number of nitrogens with two attached hydrogens (primary N) is 1. The fraction of sp³-hybridized carbons (Fsp3) is 0.143. The van der Waals surface area contributed by atoms with Crippen LogP contribution in [0.4, 0.5) is 5.95 Å². The Kier molecular flexibility index (Phi) is 2.79. The van der Waals surface area contributed by atoms with Crippen LogP contribution in [0.3, 0.4) is 0 Å². The molecule has 0 amide bonds. The van der Waals surface area contributed by atoms with Gasteiger partial charge in [-0.2, -0.15) is 0 Å². The molecule has 0 atom stereocenters. The average molecular weight is 254 g/mol. The lowest BCUT2D eigenvalue weighted by molar-refractivity contribution is 0.419. The van der Waals surface area contributed by atoms with Gasteiger partial charge in [0, 0.05) is 12.4 Å². The molecule has 0 aliphatic rings. The molecule has 5 heteroatoms. The second kappa shape index (κ2) is 4.61. The SMILES string of the molecule is COc1cccc2c1nc(N)n2Cc1ccncc1. The highest BCUT2D eigenvalue weighted by molar-refractivity contribution is 5.84. The summed E-state index contributed by atoms with van der Waals surface area (Å²) in [5, 5.41) is 0. The van der Waals surface area contributed by atoms with Crippen molar-refractivity contribution in [1.29, 1.82) is 0 Å². The van der Waals surface area contributed by atoms with Crippen molar-refractivity contribution in [3.8, 4) is 5.75 Å². The number of rotatable bonds is 3. The molecule has 2 aromatic heterocycles. The molecule has 0 saturated heterocycles. The van der Waals surface area contributed by atoms with E-state index in [4.69, 9.17) is 10.5 Å². The molecule has 0 radical (unpaired) electrons. The second-order valence-corrected chi connectivity index (χ2v) is 4.24. The summed E-state index contributed by atoms with van der Waals surface area (Å²) in [7, 11) is 1.63. The van der Waals surface area contributed by atoms with Gasteiger partial charge in [-0.15, -0.1) is 0 Å². The normalized spacial score (nSPS) is 10.8. The second-order valence-electron chi connectivity index (χ2n) is 4.24. The molecule has 0 unspecified atom stereocenters. The molecule has 0 fully saturated rings. The van der Waals surface area contributed by atoms with Crippen molar-refractivity contribution in [2.75, 3.05) is 12.8 Å². The van der Waals surface area contributed by atoms with Gasteiger partial charge in [0.2, 0.25) is 5.95 Å². The highest BCUT2D eigenvalue weighted by Crippen LogP contribution is 2.27. The Hall–Kier alpha value is -2.56. The predicted molar refractivity (Wildman–Crippen MR) is 74.0 cm³/mol. The third-order valence-electron chi connectivity index (χ3n) is 3.08. The third-order valence-corrected chi connectivity index (χ3v) is 3.08. The average Bonchev–Trinajstić information content (AvgIpc) is 2.76. The molecular weight excluding hydrogens is 240 g/mol. The summed E-state index contributed by atoms with van der Waals surface area (Å²) in [5.74, 6) is 1.22. The predicted octanol–water partition coefficient (Wildman–Crippen LogP) is 2.07. The number of imidazole rings is 1. The lowest BCUT2D eigenvalue weighted by atomic mass is 10.2. The molecule has 3 aromatic rings. The quantitative estimate of drug-likeness (QED) is 0.777. The number of aromatic nitrogens is 3. The Morgan fingerprint density at radius 3 is 2.74 bits per heavy atom. The molecule has 1 aromatic carbocycles. The first-order valence-electron chi connectivity index (χ1n) is 5.97. The van der Waals surface area contributed by atoms with Crippen molar-refractivity contribution in [1.82, 2.24) is 14.5 Å². The number of anilines is 1. The van der Waals surface area contributed by atoms with Crippen molar-refractivity contribution in [2.45, 2.75) is 6.54 Å². The van der Waals surface area contributed by atoms with Crippen LogP contribution in [0.2, 0.25) is 0 Å². The van der Waals surface area contributed by atoms with Crippen LogP contribution in [0.1, 0.15) is 5.56 Å². The number of para-hydroxylation sites is 1. The van der Waals surface area contributed by atoms with E-state index in [1.54, 1.807) is 19.5 Å². The van der Waals surface area contributed by atoms with Crippen LogP contribution in [0.5, 0.6) is 5.75 Å². The van der Waals surface area contributed by atoms with Crippen LogP contribution in [0.15, 0.2) is 42.7 Å². The number of nitrogen functional groups attached to an aromatic ring is 1. The molecule has 0 aliphatic carbocycles. The van der Waals surface area contributed by atoms with E-state index in [0.717, 1.165) is 22.3 Å². The highest BCUT2D eigenvalue weighted by atomic mass is 16.5. The minimum absolute atomic E-state index is 0.483. The van der Waals surface area contributed by atoms with Gasteiger partial charge in [-0.3, -0.25) is 4.98 Å². The van der Waals surface area contributed by atoms with Crippen molar-refractivity contribution < 1.29 is 4.74 Å². The number of hydrogen-bond donors (Lipinski definition) is 1. The summed E-state index contributed by atoms with van der Waals surface area (Å²) in [6, 6.07) is 9.73. The molecule has 96 valence electrons. The maximum atomic E-state index is 6.01. The molecule has 0 bridgehead atoms. The van der Waals surface area contributed by atoms with E-state index in [1.165, 1.54) is 0 Å². The topological polar surface area (TPSA) is 66.0 Å². The molecular formula is C14H14N4O. The van der Waals surface area contributed by atoms with Crippen molar-refractivity contribution in [2.24, 2.45) is 0 Å². The fourth-order valence-corrected chi connectivity index (χ4v) is 2.14. The number of benzene rings is 1. The van der Waals surface area contributed by atoms with Gasteiger partial charge in [-0.1, -0.05) is 6.07 Å². The van der Waals surface area contributed by atoms with E-state index < -0.39 is 0 Å². The molecule has 0 spiro atoms. The van der Waals surface area contributed by atoms with Gasteiger partial charge in [0.1, 0.15) is 11.3 Å². The van der Waals surface area contributed by atoms with Gasteiger partial charge in [-0.05, 0) is 29.8 Å². The first kappa shape index (κ1) is 11.5. The first-order chi connectivity index (χ1) is 9.29. The summed E-state index contributed by atoms with van der Waals surface area (Å²) < 4.78 is 7.27. The number of nitrogens with zero attached hydrogens (tertiary/aromatic N) is 3. The smallest absolute Gasteiger partial charge is 0.201 e. The monoisotopic (exact) mass is 254 g/mol. The molecule has 19 heavy (non-hydrogen) atoms. The van der Waals surface area contributed by atoms with E-state index >= 15 is 0 Å². The zero-order valence-electron chi connectivity index (χ0n) is 10.6. The van der Waals surface area contributed by atoms with Crippen molar-refractivity contribution in [3.63, 3.8) is 0 Å². The Morgan fingerprint density at radius 1 is 1.21 bits per heavy atom. The Labute approximate surface area is 110 Å². The maximum absolute atomic E-state index is 6.01. The van der Waals surface area contributed by atoms with Crippen LogP contribution < -0.4 is 10.5 Å². The molecule has 0 saturated carbocycles. The van der Waals surface area contributed by atoms with E-state index in [2.05, 4.69) is 9.97 Å². The van der Waals surface area contributed by atoms with Gasteiger partial charge < -0.3 is 15.0 Å². The summed E-state index contributed by atoms with van der Waals surface area (Å²) in [4.78, 5) is 8.39. The zero-order chi connectivity index (χ0) is 13.2. The summed E-state index contributed by atoms with van der Waals surface area (Å²) in [5.41, 5.74) is 8.89. The first-order valence-corrected chi connectivity index (χ1v) is 5.97. The fourth-order valence-electron chi connectivity index (χ4n) is 2.14. The van der Waals surface area contributed by atoms with E-state index in [1.807, 2.05) is 34.9 Å². The van der Waals surface area contributed by atoms with Crippen molar-refractivity contribution >= 4 is 17.0 Å². The van der Waals surface area contributed by atoms with Crippen molar-refractivity contribution in [3.05, 3.63) is 48.3 Å². The summed E-state index contributed by atoms with van der Waals surface area (Å²) in [6.45, 7) is 0.665.